The molecule has 106 valence electrons. The van der Waals surface area contributed by atoms with Crippen molar-refractivity contribution in [2.24, 2.45) is 5.73 Å². The maximum atomic E-state index is 12.1. The molecule has 0 saturated carbocycles. The van der Waals surface area contributed by atoms with E-state index in [1.807, 2.05) is 0 Å². The molecule has 0 aliphatic rings. The highest BCUT2D eigenvalue weighted by Crippen LogP contribution is 2.22. The third kappa shape index (κ3) is 4.42. The van der Waals surface area contributed by atoms with Gasteiger partial charge in [-0.25, -0.2) is 0 Å². The summed E-state index contributed by atoms with van der Waals surface area (Å²) in [5, 5.41) is 2.79. The van der Waals surface area contributed by atoms with Gasteiger partial charge in [0, 0.05) is 25.3 Å². The molecule has 1 amide bonds. The molecule has 6 heteroatoms. The molecule has 19 heavy (non-hydrogen) atoms. The third-order valence-electron chi connectivity index (χ3n) is 2.60. The Morgan fingerprint density at radius 2 is 1.79 bits per heavy atom. The predicted octanol–water partition coefficient (Wildman–Crippen LogP) is 0.407. The average Bonchev–Trinajstić information content (AvgIpc) is 2.45. The zero-order valence-electron chi connectivity index (χ0n) is 11.4. The molecule has 3 N–H and O–H groups in total. The van der Waals surface area contributed by atoms with E-state index in [0.717, 1.165) is 0 Å². The molecule has 0 aliphatic carbocycles. The van der Waals surface area contributed by atoms with Gasteiger partial charge in [0.1, 0.15) is 11.5 Å². The van der Waals surface area contributed by atoms with E-state index in [-0.39, 0.29) is 11.9 Å². The van der Waals surface area contributed by atoms with Gasteiger partial charge in [-0.1, -0.05) is 0 Å². The number of methoxy groups -OCH3 is 3. The normalized spacial score (nSPS) is 11.8. The van der Waals surface area contributed by atoms with Crippen LogP contribution in [0.4, 0.5) is 0 Å². The molecule has 1 rings (SSSR count). The van der Waals surface area contributed by atoms with Crippen molar-refractivity contribution in [3.63, 3.8) is 0 Å². The van der Waals surface area contributed by atoms with E-state index in [9.17, 15) is 4.79 Å². The second-order valence-electron chi connectivity index (χ2n) is 3.96. The van der Waals surface area contributed by atoms with Gasteiger partial charge in [0.05, 0.1) is 26.9 Å². The van der Waals surface area contributed by atoms with Gasteiger partial charge in [0.25, 0.3) is 5.91 Å². The topological polar surface area (TPSA) is 82.8 Å². The quantitative estimate of drug-likeness (QED) is 0.748. The molecule has 1 atom stereocenters. The van der Waals surface area contributed by atoms with Crippen LogP contribution in [-0.2, 0) is 4.74 Å². The Morgan fingerprint density at radius 1 is 1.21 bits per heavy atom. The number of ether oxygens (including phenoxy) is 3. The Bertz CT molecular complexity index is 401. The lowest BCUT2D eigenvalue weighted by molar-refractivity contribution is 0.0900. The Labute approximate surface area is 112 Å². The largest absolute Gasteiger partial charge is 0.497 e. The van der Waals surface area contributed by atoms with Crippen molar-refractivity contribution in [3.05, 3.63) is 23.8 Å². The Balaban J connectivity index is 2.86. The Morgan fingerprint density at radius 3 is 2.21 bits per heavy atom. The first kappa shape index (κ1) is 15.3. The first-order valence-corrected chi connectivity index (χ1v) is 5.87. The van der Waals surface area contributed by atoms with Crippen LogP contribution in [0, 0.1) is 0 Å². The van der Waals surface area contributed by atoms with Gasteiger partial charge in [0.15, 0.2) is 0 Å². The second-order valence-corrected chi connectivity index (χ2v) is 3.96. The highest BCUT2D eigenvalue weighted by molar-refractivity contribution is 5.95. The van der Waals surface area contributed by atoms with Crippen LogP contribution in [0.1, 0.15) is 10.4 Å². The summed E-state index contributed by atoms with van der Waals surface area (Å²) < 4.78 is 15.2. The third-order valence-corrected chi connectivity index (χ3v) is 2.60. The maximum absolute atomic E-state index is 12.1. The lowest BCUT2D eigenvalue weighted by atomic mass is 10.1. The maximum Gasteiger partial charge on any atom is 0.251 e. The highest BCUT2D eigenvalue weighted by atomic mass is 16.5. The average molecular weight is 268 g/mol. The number of amides is 1. The van der Waals surface area contributed by atoms with Crippen molar-refractivity contribution in [1.29, 1.82) is 0 Å². The van der Waals surface area contributed by atoms with E-state index in [4.69, 9.17) is 19.9 Å². The molecule has 1 unspecified atom stereocenters. The zero-order chi connectivity index (χ0) is 14.3. The van der Waals surface area contributed by atoms with Crippen LogP contribution in [0.25, 0.3) is 0 Å². The van der Waals surface area contributed by atoms with Gasteiger partial charge in [-0.15, -0.1) is 0 Å². The fourth-order valence-corrected chi connectivity index (χ4v) is 1.58. The summed E-state index contributed by atoms with van der Waals surface area (Å²) in [6, 6.07) is 4.75. The molecule has 1 aromatic carbocycles. The van der Waals surface area contributed by atoms with E-state index < -0.39 is 0 Å². The minimum absolute atomic E-state index is 0.227. The number of hydrogen-bond acceptors (Lipinski definition) is 5. The molecule has 0 saturated heterocycles. The molecule has 0 aliphatic heterocycles. The molecule has 0 radical (unpaired) electrons. The number of hydrogen-bond donors (Lipinski definition) is 2. The summed E-state index contributed by atoms with van der Waals surface area (Å²) in [6.45, 7) is 0.671. The molecule has 0 bridgehead atoms. The van der Waals surface area contributed by atoms with Crippen molar-refractivity contribution >= 4 is 5.91 Å². The fourth-order valence-electron chi connectivity index (χ4n) is 1.58. The van der Waals surface area contributed by atoms with Crippen LogP contribution in [0.15, 0.2) is 18.2 Å². The molecular formula is C13H20N2O4. The summed E-state index contributed by atoms with van der Waals surface area (Å²) in [7, 11) is 4.62. The van der Waals surface area contributed by atoms with E-state index in [2.05, 4.69) is 5.32 Å². The summed E-state index contributed by atoms with van der Waals surface area (Å²) in [5.41, 5.74) is 6.00. The highest BCUT2D eigenvalue weighted by Gasteiger charge is 2.14. The van der Waals surface area contributed by atoms with E-state index in [1.165, 1.54) is 14.2 Å². The van der Waals surface area contributed by atoms with Crippen molar-refractivity contribution in [3.8, 4) is 11.5 Å². The number of nitrogens with one attached hydrogen (secondary N) is 1. The van der Waals surface area contributed by atoms with Crippen molar-refractivity contribution < 1.29 is 19.0 Å². The van der Waals surface area contributed by atoms with Gasteiger partial charge in [0.2, 0.25) is 0 Å². The molecule has 0 spiro atoms. The standard InChI is InChI=1S/C13H20N2O4/c1-17-8-10(7-14)15-13(16)9-4-11(18-2)6-12(5-9)19-3/h4-6,10H,7-8,14H2,1-3H3,(H,15,16). The van der Waals surface area contributed by atoms with Crippen LogP contribution in [0.2, 0.25) is 0 Å². The monoisotopic (exact) mass is 268 g/mol. The van der Waals surface area contributed by atoms with Crippen molar-refractivity contribution in [2.45, 2.75) is 6.04 Å². The molecule has 0 aromatic heterocycles. The molecule has 6 nitrogen and oxygen atoms in total. The molecular weight excluding hydrogens is 248 g/mol. The van der Waals surface area contributed by atoms with E-state index >= 15 is 0 Å². The predicted molar refractivity (Wildman–Crippen MR) is 71.7 cm³/mol. The van der Waals surface area contributed by atoms with Gasteiger partial charge in [-0.05, 0) is 12.1 Å². The van der Waals surface area contributed by atoms with Gasteiger partial charge < -0.3 is 25.3 Å². The van der Waals surface area contributed by atoms with Gasteiger partial charge in [-0.2, -0.15) is 0 Å². The fraction of sp³-hybridized carbons (Fsp3) is 0.462. The Kier molecular flexibility index (Phi) is 6.11. The molecule has 1 aromatic rings. The zero-order valence-corrected chi connectivity index (χ0v) is 11.4. The number of rotatable bonds is 7. The minimum atomic E-state index is -0.246. The Hall–Kier alpha value is -1.79. The molecule has 0 heterocycles. The number of benzene rings is 1. The van der Waals surface area contributed by atoms with Crippen molar-refractivity contribution in [1.82, 2.24) is 5.32 Å². The summed E-state index contributed by atoms with van der Waals surface area (Å²) >= 11 is 0. The summed E-state index contributed by atoms with van der Waals surface area (Å²) in [4.78, 5) is 12.1. The van der Waals surface area contributed by atoms with Gasteiger partial charge >= 0.3 is 0 Å². The molecule has 0 fully saturated rings. The van der Waals surface area contributed by atoms with E-state index in [0.29, 0.717) is 30.2 Å². The van der Waals surface area contributed by atoms with Gasteiger partial charge in [-0.3, -0.25) is 4.79 Å². The minimum Gasteiger partial charge on any atom is -0.497 e. The van der Waals surface area contributed by atoms with Crippen LogP contribution in [0.5, 0.6) is 11.5 Å². The number of carbonyl (C=O) groups is 1. The number of carbonyl (C=O) groups excluding carboxylic acids is 1. The lowest BCUT2D eigenvalue weighted by Gasteiger charge is -2.16. The first-order chi connectivity index (χ1) is 9.14. The number of nitrogens with two attached hydrogens (primary N) is 1. The van der Waals surface area contributed by atoms with Crippen LogP contribution in [-0.4, -0.2) is 46.4 Å². The summed E-state index contributed by atoms with van der Waals surface area (Å²) in [6.07, 6.45) is 0. The first-order valence-electron chi connectivity index (χ1n) is 5.87. The smallest absolute Gasteiger partial charge is 0.251 e. The van der Waals surface area contributed by atoms with Crippen LogP contribution < -0.4 is 20.5 Å². The van der Waals surface area contributed by atoms with Crippen LogP contribution in [0.3, 0.4) is 0 Å². The van der Waals surface area contributed by atoms with Crippen LogP contribution >= 0.6 is 0 Å². The lowest BCUT2D eigenvalue weighted by Crippen LogP contribution is -2.43. The van der Waals surface area contributed by atoms with Crippen molar-refractivity contribution in [2.75, 3.05) is 34.5 Å². The second kappa shape index (κ2) is 7.60. The SMILES string of the molecule is COCC(CN)NC(=O)c1cc(OC)cc(OC)c1. The summed E-state index contributed by atoms with van der Waals surface area (Å²) in [5.74, 6) is 0.866. The van der Waals surface area contributed by atoms with E-state index in [1.54, 1.807) is 25.3 Å².